The van der Waals surface area contributed by atoms with E-state index in [-0.39, 0.29) is 17.8 Å². The van der Waals surface area contributed by atoms with Crippen LogP contribution in [0.3, 0.4) is 0 Å². The number of rotatable bonds is 5. The lowest BCUT2D eigenvalue weighted by Gasteiger charge is -2.17. The highest BCUT2D eigenvalue weighted by atomic mass is 16.5. The van der Waals surface area contributed by atoms with Crippen molar-refractivity contribution in [2.24, 2.45) is 32.7 Å². The SMILES string of the molecule is C=CC1=C(C)C2=NC1=CC1=C(C)C3=C(O)CC(=C4NC(=CC5=NC(=C2)C(C2CC2)=C5C)C(C)C4CCC(=O)OC)C3=N1. The number of carbonyl (C=O) groups is 1. The van der Waals surface area contributed by atoms with Crippen LogP contribution in [0.25, 0.3) is 0 Å². The summed E-state index contributed by atoms with van der Waals surface area (Å²) < 4.78 is 4.99. The average Bonchev–Trinajstić information content (AvgIpc) is 3.31. The number of nitrogens with zero attached hydrogens (tertiary/aromatic N) is 3. The molecular weight excluding hydrogens is 524 g/mol. The third kappa shape index (κ3) is 4.01. The molecule has 42 heavy (non-hydrogen) atoms. The van der Waals surface area contributed by atoms with E-state index in [2.05, 4.69) is 44.8 Å². The van der Waals surface area contributed by atoms with Crippen LogP contribution >= 0.6 is 0 Å². The van der Waals surface area contributed by atoms with Gasteiger partial charge in [-0.2, -0.15) is 0 Å². The highest BCUT2D eigenvalue weighted by Gasteiger charge is 2.42. The predicted molar refractivity (Wildman–Crippen MR) is 166 cm³/mol. The average molecular weight is 561 g/mol. The summed E-state index contributed by atoms with van der Waals surface area (Å²) in [6.07, 6.45) is 11.9. The lowest BCUT2D eigenvalue weighted by Crippen LogP contribution is -2.16. The van der Waals surface area contributed by atoms with E-state index in [1.165, 1.54) is 31.1 Å². The van der Waals surface area contributed by atoms with Crippen molar-refractivity contribution in [2.75, 3.05) is 7.11 Å². The lowest BCUT2D eigenvalue weighted by atomic mass is 9.86. The van der Waals surface area contributed by atoms with Crippen LogP contribution in [0.5, 0.6) is 0 Å². The molecule has 7 rings (SSSR count). The fraction of sp³-hybridized carbons (Fsp3) is 0.371. The molecule has 2 unspecified atom stereocenters. The molecule has 1 saturated carbocycles. The Morgan fingerprint density at radius 3 is 2.52 bits per heavy atom. The van der Waals surface area contributed by atoms with Crippen molar-refractivity contribution in [1.82, 2.24) is 5.32 Å². The molecule has 2 N–H and O–H groups in total. The van der Waals surface area contributed by atoms with Gasteiger partial charge in [-0.15, -0.1) is 0 Å². The van der Waals surface area contributed by atoms with E-state index in [4.69, 9.17) is 19.7 Å². The van der Waals surface area contributed by atoms with Gasteiger partial charge in [0, 0.05) is 52.8 Å². The molecule has 7 heteroatoms. The van der Waals surface area contributed by atoms with Gasteiger partial charge in [-0.1, -0.05) is 19.6 Å². The predicted octanol–water partition coefficient (Wildman–Crippen LogP) is 6.80. The van der Waals surface area contributed by atoms with Crippen LogP contribution in [0.4, 0.5) is 0 Å². The zero-order valence-corrected chi connectivity index (χ0v) is 24.9. The number of nitrogens with one attached hydrogen (secondary N) is 1. The van der Waals surface area contributed by atoms with Crippen LogP contribution in [0, 0.1) is 17.8 Å². The van der Waals surface area contributed by atoms with Crippen molar-refractivity contribution in [3.63, 3.8) is 0 Å². The first-order chi connectivity index (χ1) is 20.2. The van der Waals surface area contributed by atoms with Gasteiger partial charge in [0.15, 0.2) is 0 Å². The molecule has 5 aliphatic heterocycles. The van der Waals surface area contributed by atoms with Crippen molar-refractivity contribution >= 4 is 23.1 Å². The Balaban J connectivity index is 1.46. The molecule has 0 amide bonds. The van der Waals surface area contributed by atoms with E-state index in [1.807, 2.05) is 19.1 Å². The minimum absolute atomic E-state index is 0.0438. The first-order valence-corrected chi connectivity index (χ1v) is 14.9. The Kier molecular flexibility index (Phi) is 6.12. The Bertz CT molecular complexity index is 1740. The maximum atomic E-state index is 12.2. The molecule has 7 aliphatic rings. The normalized spacial score (nSPS) is 26.4. The van der Waals surface area contributed by atoms with E-state index in [9.17, 15) is 9.90 Å². The van der Waals surface area contributed by atoms with E-state index in [0.29, 0.717) is 30.9 Å². The number of aliphatic hydroxyl groups is 1. The zero-order valence-electron chi connectivity index (χ0n) is 24.9. The topological polar surface area (TPSA) is 95.6 Å². The first kappa shape index (κ1) is 26.6. The van der Waals surface area contributed by atoms with Gasteiger partial charge in [-0.25, -0.2) is 15.0 Å². The number of esters is 1. The largest absolute Gasteiger partial charge is 0.511 e. The minimum atomic E-state index is -0.222. The molecule has 1 saturated heterocycles. The van der Waals surface area contributed by atoms with Crippen LogP contribution in [0.2, 0.25) is 0 Å². The molecule has 7 nitrogen and oxygen atoms in total. The van der Waals surface area contributed by atoms with Gasteiger partial charge in [0.1, 0.15) is 5.76 Å². The molecule has 2 aliphatic carbocycles. The standard InChI is InChI=1S/C35H36N4O3/c1-7-21-16(2)24-15-29-32(20-8-9-20)18(4)26(37-29)13-25-17(3)22(10-11-31(41)42-6)34(38-25)23-12-30(40)33-19(5)27(39-35(23)33)14-28(21)36-24/h7,13-15,17,20,22,38,40H,1,8-12H2,2-6H3. The second-order valence-electron chi connectivity index (χ2n) is 12.2. The first-order valence-electron chi connectivity index (χ1n) is 14.9. The van der Waals surface area contributed by atoms with Crippen molar-refractivity contribution < 1.29 is 14.6 Å². The van der Waals surface area contributed by atoms with Gasteiger partial charge < -0.3 is 15.2 Å². The second-order valence-corrected chi connectivity index (χ2v) is 12.2. The third-order valence-electron chi connectivity index (χ3n) is 9.74. The number of fused-ring (bicyclic) bond motifs is 5. The molecule has 0 spiro atoms. The smallest absolute Gasteiger partial charge is 0.305 e. The summed E-state index contributed by atoms with van der Waals surface area (Å²) in [5.74, 6) is 0.796. The summed E-state index contributed by atoms with van der Waals surface area (Å²) in [5, 5.41) is 14.9. The number of allylic oxidation sites excluding steroid dienone is 12. The van der Waals surface area contributed by atoms with Crippen LogP contribution in [-0.2, 0) is 9.53 Å². The number of hydrogen-bond donors (Lipinski definition) is 2. The van der Waals surface area contributed by atoms with Crippen LogP contribution in [0.15, 0.2) is 119 Å². The summed E-state index contributed by atoms with van der Waals surface area (Å²) in [6.45, 7) is 12.6. The Morgan fingerprint density at radius 2 is 1.81 bits per heavy atom. The van der Waals surface area contributed by atoms with Crippen molar-refractivity contribution in [2.45, 2.75) is 59.8 Å². The molecule has 0 aromatic carbocycles. The molecule has 0 aromatic rings. The zero-order chi connectivity index (χ0) is 29.4. The number of methoxy groups -OCH3 is 1. The minimum Gasteiger partial charge on any atom is -0.511 e. The Labute approximate surface area is 246 Å². The fourth-order valence-corrected chi connectivity index (χ4v) is 7.17. The number of aliphatic imine (C=N–C) groups is 3. The highest BCUT2D eigenvalue weighted by molar-refractivity contribution is 6.21. The summed E-state index contributed by atoms with van der Waals surface area (Å²) in [7, 11) is 1.43. The molecule has 8 bridgehead atoms. The van der Waals surface area contributed by atoms with Gasteiger partial charge in [0.2, 0.25) is 0 Å². The Morgan fingerprint density at radius 1 is 1.07 bits per heavy atom. The van der Waals surface area contributed by atoms with E-state index in [1.54, 1.807) is 0 Å². The number of ether oxygens (including phenoxy) is 1. The molecular formula is C35H36N4O3. The number of aliphatic hydroxyl groups excluding tert-OH is 1. The quantitative estimate of drug-likeness (QED) is 0.362. The Hall–Kier alpha value is -4.26. The summed E-state index contributed by atoms with van der Waals surface area (Å²) in [5.41, 5.74) is 14.7. The van der Waals surface area contributed by atoms with Gasteiger partial charge in [-0.3, -0.25) is 4.79 Å². The van der Waals surface area contributed by atoms with Gasteiger partial charge in [0.25, 0.3) is 0 Å². The number of hydrogen-bond acceptors (Lipinski definition) is 7. The van der Waals surface area contributed by atoms with E-state index in [0.717, 1.165) is 73.5 Å². The van der Waals surface area contributed by atoms with Crippen LogP contribution < -0.4 is 5.32 Å². The van der Waals surface area contributed by atoms with E-state index < -0.39 is 0 Å². The monoisotopic (exact) mass is 560 g/mol. The van der Waals surface area contributed by atoms with Crippen molar-refractivity contribution in [3.8, 4) is 0 Å². The number of carbonyl (C=O) groups excluding carboxylic acids is 1. The summed E-state index contributed by atoms with van der Waals surface area (Å²) in [4.78, 5) is 27.5. The maximum absolute atomic E-state index is 12.2. The van der Waals surface area contributed by atoms with Gasteiger partial charge in [-0.05, 0) is 86.5 Å². The van der Waals surface area contributed by atoms with Crippen LogP contribution in [0.1, 0.15) is 59.8 Å². The fourth-order valence-electron chi connectivity index (χ4n) is 7.17. The second kappa shape index (κ2) is 9.65. The lowest BCUT2D eigenvalue weighted by molar-refractivity contribution is -0.140. The third-order valence-corrected chi connectivity index (χ3v) is 9.74. The molecule has 2 fully saturated rings. The van der Waals surface area contributed by atoms with Gasteiger partial charge in [0.05, 0.1) is 41.3 Å². The maximum Gasteiger partial charge on any atom is 0.305 e. The van der Waals surface area contributed by atoms with E-state index >= 15 is 0 Å². The molecule has 214 valence electrons. The summed E-state index contributed by atoms with van der Waals surface area (Å²) in [6, 6.07) is 0. The van der Waals surface area contributed by atoms with Crippen molar-refractivity contribution in [3.05, 3.63) is 104 Å². The molecule has 0 aromatic heterocycles. The van der Waals surface area contributed by atoms with Gasteiger partial charge >= 0.3 is 5.97 Å². The molecule has 5 heterocycles. The summed E-state index contributed by atoms with van der Waals surface area (Å²) >= 11 is 0. The van der Waals surface area contributed by atoms with Crippen molar-refractivity contribution in [1.29, 1.82) is 0 Å². The highest BCUT2D eigenvalue weighted by Crippen LogP contribution is 2.48. The van der Waals surface area contributed by atoms with Crippen LogP contribution in [-0.4, -0.2) is 35.3 Å². The molecule has 2 atom stereocenters. The molecule has 0 radical (unpaired) electrons.